The Labute approximate surface area is 241 Å². The van der Waals surface area contributed by atoms with Gasteiger partial charge in [-0.15, -0.1) is 0 Å². The summed E-state index contributed by atoms with van der Waals surface area (Å²) in [6.45, 7) is 0. The summed E-state index contributed by atoms with van der Waals surface area (Å²) in [6, 6.07) is 11.3. The molecule has 0 saturated heterocycles. The molecule has 12 nitrogen and oxygen atoms in total. The van der Waals surface area contributed by atoms with Crippen molar-refractivity contribution < 1.29 is 34.2 Å². The SMILES string of the molecule is NC(Cc1c[nH]c2ccccc12)C(=O)NC(CS)C(=O)NC(CCC(=O)O)C(=O)NC(Cc1ccccc1)C(=O)O. The van der Waals surface area contributed by atoms with Crippen LogP contribution < -0.4 is 21.7 Å². The number of amides is 3. The van der Waals surface area contributed by atoms with Crippen molar-refractivity contribution in [2.24, 2.45) is 5.73 Å². The summed E-state index contributed by atoms with van der Waals surface area (Å²) < 4.78 is 0. The molecule has 218 valence electrons. The molecular weight excluding hydrogens is 550 g/mol. The van der Waals surface area contributed by atoms with Gasteiger partial charge < -0.3 is 36.9 Å². The Morgan fingerprint density at radius 2 is 1.41 bits per heavy atom. The average Bonchev–Trinajstić information content (AvgIpc) is 3.36. The van der Waals surface area contributed by atoms with Gasteiger partial charge in [0.25, 0.3) is 0 Å². The molecule has 1 heterocycles. The van der Waals surface area contributed by atoms with Crippen molar-refractivity contribution in [1.82, 2.24) is 20.9 Å². The second-order valence-electron chi connectivity index (χ2n) is 9.50. The summed E-state index contributed by atoms with van der Waals surface area (Å²) >= 11 is 4.14. The van der Waals surface area contributed by atoms with Gasteiger partial charge in [0.15, 0.2) is 0 Å². The summed E-state index contributed by atoms with van der Waals surface area (Å²) in [5.41, 5.74) is 8.49. The number of carbonyl (C=O) groups excluding carboxylic acids is 3. The number of hydrogen-bond acceptors (Lipinski definition) is 7. The lowest BCUT2D eigenvalue weighted by Crippen LogP contribution is -2.58. The lowest BCUT2D eigenvalue weighted by molar-refractivity contribution is -0.143. The van der Waals surface area contributed by atoms with Crippen LogP contribution in [0.4, 0.5) is 0 Å². The number of H-pyrrole nitrogens is 1. The van der Waals surface area contributed by atoms with Crippen LogP contribution in [0.15, 0.2) is 60.8 Å². The zero-order chi connectivity index (χ0) is 29.9. The third-order valence-corrected chi connectivity index (χ3v) is 6.81. The smallest absolute Gasteiger partial charge is 0.326 e. The predicted octanol–water partition coefficient (Wildman–Crippen LogP) is 0.614. The normalized spacial score (nSPS) is 13.9. The molecule has 0 bridgehead atoms. The molecule has 0 spiro atoms. The van der Waals surface area contributed by atoms with Crippen LogP contribution in [0.5, 0.6) is 0 Å². The molecule has 3 aromatic rings. The number of aromatic amines is 1. The Morgan fingerprint density at radius 3 is 2.07 bits per heavy atom. The maximum absolute atomic E-state index is 13.0. The van der Waals surface area contributed by atoms with Crippen LogP contribution >= 0.6 is 12.6 Å². The Balaban J connectivity index is 1.65. The van der Waals surface area contributed by atoms with Gasteiger partial charge in [-0.05, 0) is 30.0 Å². The van der Waals surface area contributed by atoms with Crippen LogP contribution in [0.2, 0.25) is 0 Å². The summed E-state index contributed by atoms with van der Waals surface area (Å²) in [5, 5.41) is 27.0. The van der Waals surface area contributed by atoms with E-state index in [1.807, 2.05) is 24.3 Å². The van der Waals surface area contributed by atoms with Gasteiger partial charge in [0, 0.05) is 35.7 Å². The van der Waals surface area contributed by atoms with Crippen LogP contribution in [-0.2, 0) is 36.8 Å². The molecule has 0 saturated carbocycles. The monoisotopic (exact) mass is 583 g/mol. The minimum atomic E-state index is -1.38. The van der Waals surface area contributed by atoms with Gasteiger partial charge in [0.1, 0.15) is 18.1 Å². The summed E-state index contributed by atoms with van der Waals surface area (Å²) in [6.07, 6.45) is 1.15. The van der Waals surface area contributed by atoms with Gasteiger partial charge in [-0.2, -0.15) is 12.6 Å². The zero-order valence-corrected chi connectivity index (χ0v) is 23.0. The quantitative estimate of drug-likeness (QED) is 0.119. The van der Waals surface area contributed by atoms with E-state index in [2.05, 4.69) is 33.6 Å². The fourth-order valence-electron chi connectivity index (χ4n) is 4.23. The first kappa shape index (κ1) is 31.2. The number of thiol groups is 1. The van der Waals surface area contributed by atoms with Crippen molar-refractivity contribution in [2.45, 2.75) is 49.9 Å². The van der Waals surface area contributed by atoms with E-state index in [1.54, 1.807) is 36.5 Å². The highest BCUT2D eigenvalue weighted by molar-refractivity contribution is 7.80. The Morgan fingerprint density at radius 1 is 0.805 bits per heavy atom. The number of benzene rings is 2. The van der Waals surface area contributed by atoms with E-state index >= 15 is 0 Å². The number of carboxylic acids is 2. The van der Waals surface area contributed by atoms with Crippen LogP contribution in [0.1, 0.15) is 24.0 Å². The van der Waals surface area contributed by atoms with Crippen molar-refractivity contribution in [3.63, 3.8) is 0 Å². The third kappa shape index (κ3) is 9.08. The number of nitrogens with one attached hydrogen (secondary N) is 4. The molecule has 0 fully saturated rings. The fourth-order valence-corrected chi connectivity index (χ4v) is 4.49. The van der Waals surface area contributed by atoms with E-state index in [9.17, 15) is 29.1 Å². The highest BCUT2D eigenvalue weighted by atomic mass is 32.1. The first-order valence-corrected chi connectivity index (χ1v) is 13.5. The molecule has 3 amide bonds. The van der Waals surface area contributed by atoms with Crippen molar-refractivity contribution in [1.29, 1.82) is 0 Å². The maximum atomic E-state index is 13.0. The molecule has 41 heavy (non-hydrogen) atoms. The lowest BCUT2D eigenvalue weighted by atomic mass is 10.0. The van der Waals surface area contributed by atoms with Gasteiger partial charge in [-0.3, -0.25) is 19.2 Å². The number of carbonyl (C=O) groups is 5. The molecular formula is C28H33N5O7S. The van der Waals surface area contributed by atoms with Gasteiger partial charge in [-0.1, -0.05) is 48.5 Å². The van der Waals surface area contributed by atoms with Gasteiger partial charge >= 0.3 is 11.9 Å². The van der Waals surface area contributed by atoms with E-state index in [-0.39, 0.29) is 25.0 Å². The van der Waals surface area contributed by atoms with Crippen molar-refractivity contribution in [3.05, 3.63) is 71.9 Å². The Bertz CT molecular complexity index is 1380. The van der Waals surface area contributed by atoms with E-state index in [1.165, 1.54) is 0 Å². The Kier molecular flexibility index (Phi) is 11.3. The van der Waals surface area contributed by atoms with Crippen LogP contribution in [0.25, 0.3) is 10.9 Å². The summed E-state index contributed by atoms with van der Waals surface area (Å²) in [5.74, 6) is -4.94. The zero-order valence-electron chi connectivity index (χ0n) is 22.1. The van der Waals surface area contributed by atoms with Crippen molar-refractivity contribution in [3.8, 4) is 0 Å². The fraction of sp³-hybridized carbons (Fsp3) is 0.321. The third-order valence-electron chi connectivity index (χ3n) is 6.44. The number of carboxylic acid groups (broad SMARTS) is 2. The molecule has 2 aromatic carbocycles. The first-order chi connectivity index (χ1) is 19.6. The largest absolute Gasteiger partial charge is 0.481 e. The Hall–Kier alpha value is -4.36. The maximum Gasteiger partial charge on any atom is 0.326 e. The molecule has 4 unspecified atom stereocenters. The number of para-hydroxylation sites is 1. The van der Waals surface area contributed by atoms with E-state index in [4.69, 9.17) is 10.8 Å². The minimum absolute atomic E-state index is 0.0227. The second kappa shape index (κ2) is 14.9. The molecule has 1 aromatic heterocycles. The molecule has 0 aliphatic carbocycles. The van der Waals surface area contributed by atoms with Crippen LogP contribution in [0, 0.1) is 0 Å². The number of aromatic nitrogens is 1. The second-order valence-corrected chi connectivity index (χ2v) is 9.86. The predicted molar refractivity (Wildman–Crippen MR) is 154 cm³/mol. The molecule has 3 rings (SSSR count). The summed E-state index contributed by atoms with van der Waals surface area (Å²) in [7, 11) is 0. The van der Waals surface area contributed by atoms with Crippen molar-refractivity contribution >= 4 is 53.2 Å². The highest BCUT2D eigenvalue weighted by Crippen LogP contribution is 2.18. The average molecular weight is 584 g/mol. The number of fused-ring (bicyclic) bond motifs is 1. The molecule has 4 atom stereocenters. The lowest BCUT2D eigenvalue weighted by Gasteiger charge is -2.24. The summed E-state index contributed by atoms with van der Waals surface area (Å²) in [4.78, 5) is 65.0. The van der Waals surface area contributed by atoms with Crippen LogP contribution in [0.3, 0.4) is 0 Å². The first-order valence-electron chi connectivity index (χ1n) is 12.9. The molecule has 0 radical (unpaired) electrons. The standard InChI is InChI=1S/C28H33N5O7S/c29-19(13-17-14-30-20-9-5-4-8-18(17)20)25(36)33-23(15-41)27(38)31-21(10-11-24(34)35)26(37)32-22(28(39)40)12-16-6-2-1-3-7-16/h1-9,14,19,21-23,30,41H,10-13,15,29H2,(H,31,38)(H,32,37)(H,33,36)(H,34,35)(H,39,40). The van der Waals surface area contributed by atoms with Gasteiger partial charge in [-0.25, -0.2) is 4.79 Å². The number of nitrogens with two attached hydrogens (primary N) is 1. The highest BCUT2D eigenvalue weighted by Gasteiger charge is 2.30. The molecule has 0 aliphatic rings. The molecule has 8 N–H and O–H groups in total. The number of hydrogen-bond donors (Lipinski definition) is 8. The van der Waals surface area contributed by atoms with Crippen LogP contribution in [-0.4, -0.2) is 74.8 Å². The van der Waals surface area contributed by atoms with Crippen molar-refractivity contribution in [2.75, 3.05) is 5.75 Å². The molecule has 13 heteroatoms. The minimum Gasteiger partial charge on any atom is -0.481 e. The number of rotatable bonds is 15. The van der Waals surface area contributed by atoms with E-state index < -0.39 is 60.2 Å². The van der Waals surface area contributed by atoms with Gasteiger partial charge in [0.05, 0.1) is 6.04 Å². The van der Waals surface area contributed by atoms with E-state index in [0.717, 1.165) is 16.5 Å². The number of aliphatic carboxylic acids is 2. The topological polar surface area (TPSA) is 204 Å². The van der Waals surface area contributed by atoms with E-state index in [0.29, 0.717) is 5.56 Å². The molecule has 0 aliphatic heterocycles. The van der Waals surface area contributed by atoms with Gasteiger partial charge in [0.2, 0.25) is 17.7 Å².